The second-order valence-corrected chi connectivity index (χ2v) is 17.5. The lowest BCUT2D eigenvalue weighted by molar-refractivity contribution is -0.141. The molecule has 1 heterocycles. The van der Waals surface area contributed by atoms with Crippen molar-refractivity contribution in [3.05, 3.63) is 78.4 Å². The number of fused-ring (bicyclic) bond motifs is 1. The zero-order chi connectivity index (χ0) is 37.9. The van der Waals surface area contributed by atoms with Gasteiger partial charge in [0.05, 0.1) is 27.5 Å². The van der Waals surface area contributed by atoms with Gasteiger partial charge in [0, 0.05) is 23.7 Å². The van der Waals surface area contributed by atoms with Gasteiger partial charge in [0.15, 0.2) is 22.5 Å². The number of hydrogen-bond acceptors (Lipinski definition) is 9. The number of sulfone groups is 1. The first kappa shape index (κ1) is 41.0. The van der Waals surface area contributed by atoms with E-state index in [0.29, 0.717) is 22.7 Å². The molecule has 0 aromatic heterocycles. The number of benzene rings is 3. The first-order valence-corrected chi connectivity index (χ1v) is 22.0. The molecule has 3 aromatic rings. The van der Waals surface area contributed by atoms with Crippen LogP contribution in [0.2, 0.25) is 0 Å². The van der Waals surface area contributed by atoms with Crippen LogP contribution in [0.1, 0.15) is 64.0 Å². The summed E-state index contributed by atoms with van der Waals surface area (Å²) in [6.45, 7) is 4.22. The van der Waals surface area contributed by atoms with Crippen molar-refractivity contribution in [1.29, 1.82) is 0 Å². The third-order valence-electron chi connectivity index (χ3n) is 9.13. The van der Waals surface area contributed by atoms with Gasteiger partial charge in [0.25, 0.3) is 5.91 Å². The monoisotopic (exact) mass is 771 g/mol. The van der Waals surface area contributed by atoms with E-state index in [9.17, 15) is 32.5 Å². The van der Waals surface area contributed by atoms with Gasteiger partial charge in [-0.05, 0) is 42.9 Å². The van der Waals surface area contributed by atoms with Gasteiger partial charge >= 0.3 is 5.97 Å². The number of unbranched alkanes of at least 4 members (excludes halogenated alkanes) is 2. The first-order valence-electron chi connectivity index (χ1n) is 17.4. The van der Waals surface area contributed by atoms with Crippen LogP contribution in [0.5, 0.6) is 5.75 Å². The predicted octanol–water partition coefficient (Wildman–Crippen LogP) is 5.88. The van der Waals surface area contributed by atoms with Crippen LogP contribution < -0.4 is 20.3 Å². The fourth-order valence-electron chi connectivity index (χ4n) is 6.54. The van der Waals surface area contributed by atoms with Gasteiger partial charge in [-0.15, -0.1) is 11.8 Å². The molecule has 0 radical (unpaired) electrons. The lowest BCUT2D eigenvalue weighted by atomic mass is 9.79. The highest BCUT2D eigenvalue weighted by molar-refractivity contribution is 7.98. The summed E-state index contributed by atoms with van der Waals surface area (Å²) in [6.07, 6.45) is 8.46. The van der Waals surface area contributed by atoms with Crippen molar-refractivity contribution < 1.29 is 37.2 Å². The molecule has 52 heavy (non-hydrogen) atoms. The van der Waals surface area contributed by atoms with Gasteiger partial charge in [0.2, 0.25) is 5.91 Å². The van der Waals surface area contributed by atoms with Crippen molar-refractivity contribution in [2.45, 2.75) is 74.2 Å². The van der Waals surface area contributed by atoms with E-state index in [2.05, 4.69) is 29.4 Å². The molecule has 14 heteroatoms. The minimum absolute atomic E-state index is 0.00824. The topological polar surface area (TPSA) is 165 Å². The number of aliphatic carboxylic acids is 1. The average molecular weight is 772 g/mol. The molecule has 11 nitrogen and oxygen atoms in total. The molecule has 2 unspecified atom stereocenters. The number of carbonyl (C=O) groups excluding carboxylic acids is 2. The van der Waals surface area contributed by atoms with Crippen LogP contribution in [0.25, 0.3) is 0 Å². The molecule has 0 spiro atoms. The van der Waals surface area contributed by atoms with Crippen LogP contribution >= 0.6 is 11.8 Å². The maximum absolute atomic E-state index is 14.4. The number of nitrogens with one attached hydrogen (secondary N) is 2. The Morgan fingerprint density at radius 1 is 1.00 bits per heavy atom. The number of hydrogen-bond donors (Lipinski definition) is 3. The number of rotatable bonds is 18. The number of nitrogens with zero attached hydrogens (tertiary/aromatic N) is 1. The zero-order valence-corrected chi connectivity index (χ0v) is 32.6. The van der Waals surface area contributed by atoms with E-state index in [1.54, 1.807) is 30.3 Å². The van der Waals surface area contributed by atoms with Gasteiger partial charge in [-0.25, -0.2) is 13.2 Å². The van der Waals surface area contributed by atoms with E-state index in [1.807, 2.05) is 42.7 Å². The summed E-state index contributed by atoms with van der Waals surface area (Å²) in [5.74, 6) is -2.95. The molecule has 0 fully saturated rings. The summed E-state index contributed by atoms with van der Waals surface area (Å²) in [7, 11) is -3.82. The van der Waals surface area contributed by atoms with Crippen LogP contribution in [0.4, 0.5) is 11.4 Å². The normalized spacial score (nSPS) is 16.4. The maximum Gasteiger partial charge on any atom is 0.331 e. The molecule has 1 aliphatic rings. The highest BCUT2D eigenvalue weighted by atomic mass is 32.2. The predicted molar refractivity (Wildman–Crippen MR) is 207 cm³/mol. The summed E-state index contributed by atoms with van der Waals surface area (Å²) in [5.41, 5.74) is 1.37. The van der Waals surface area contributed by atoms with Crippen LogP contribution in [0.15, 0.2) is 82.6 Å². The highest BCUT2D eigenvalue weighted by Crippen LogP contribution is 2.47. The van der Waals surface area contributed by atoms with Crippen LogP contribution in [0, 0.1) is 5.41 Å². The second-order valence-electron chi connectivity index (χ2n) is 13.2. The fraction of sp³-hybridized carbons (Fsp3) is 0.447. The minimum atomic E-state index is -3.82. The molecule has 0 saturated carbocycles. The van der Waals surface area contributed by atoms with Crippen LogP contribution in [-0.4, -0.2) is 79.1 Å². The summed E-state index contributed by atoms with van der Waals surface area (Å²) in [5, 5.41) is 14.6. The van der Waals surface area contributed by atoms with E-state index in [1.165, 1.54) is 24.1 Å². The molecule has 1 aliphatic heterocycles. The van der Waals surface area contributed by atoms with Gasteiger partial charge in [-0.1, -0.05) is 99.2 Å². The molecule has 0 saturated heterocycles. The number of carboxylic acid groups (broad SMARTS) is 1. The third kappa shape index (κ3) is 10.7. The van der Waals surface area contributed by atoms with Crippen molar-refractivity contribution in [1.82, 2.24) is 10.6 Å². The van der Waals surface area contributed by atoms with E-state index in [-0.39, 0.29) is 22.2 Å². The van der Waals surface area contributed by atoms with E-state index >= 15 is 0 Å². The zero-order valence-electron chi connectivity index (χ0n) is 30.1. The number of anilines is 2. The Morgan fingerprint density at radius 3 is 2.17 bits per heavy atom. The molecule has 3 aromatic carbocycles. The molecule has 2 amide bonds. The lowest BCUT2D eigenvalue weighted by Crippen LogP contribution is -2.50. The van der Waals surface area contributed by atoms with Gasteiger partial charge in [0.1, 0.15) is 17.5 Å². The Morgan fingerprint density at radius 2 is 1.62 bits per heavy atom. The van der Waals surface area contributed by atoms with E-state index in [0.717, 1.165) is 44.2 Å². The Bertz CT molecular complexity index is 1770. The maximum atomic E-state index is 14.4. The lowest BCUT2D eigenvalue weighted by Gasteiger charge is -2.37. The molecule has 0 aliphatic carbocycles. The van der Waals surface area contributed by atoms with Crippen LogP contribution in [-0.2, 0) is 35.4 Å². The number of amides is 2. The standard InChI is InChI=1S/C38H49N3O8S3/c1-5-7-19-38(20-8-6-2)25-41(28-17-13-10-14-18-28)30-21-32(50-3)31(22-33(30)52(47,48)26-38)49-23-34(42)40-35(27-15-11-9-12-16-27)36(43)39-29(37(44)45)24-51(4)46/h9-18,21-22,29,35H,5-8,19-20,23-26H2,1-4H3,(H,39,43)(H,40,42)(H,44,45)/t29?,35-,51?/m1/s1. The minimum Gasteiger partial charge on any atom is -0.616 e. The quantitative estimate of drug-likeness (QED) is 0.105. The van der Waals surface area contributed by atoms with E-state index in [4.69, 9.17) is 4.74 Å². The molecule has 0 bridgehead atoms. The molecule has 282 valence electrons. The Labute approximate surface area is 314 Å². The number of para-hydroxylation sites is 1. The number of thioether (sulfide) groups is 1. The largest absolute Gasteiger partial charge is 0.616 e. The summed E-state index contributed by atoms with van der Waals surface area (Å²) in [6, 6.07) is 18.7. The first-order chi connectivity index (χ1) is 24.8. The Balaban J connectivity index is 1.67. The summed E-state index contributed by atoms with van der Waals surface area (Å²) in [4.78, 5) is 41.4. The Hall–Kier alpha value is -3.72. The van der Waals surface area contributed by atoms with Crippen molar-refractivity contribution in [3.63, 3.8) is 0 Å². The Kier molecular flexibility index (Phi) is 14.9. The summed E-state index contributed by atoms with van der Waals surface area (Å²) < 4.78 is 46.6. The molecular weight excluding hydrogens is 723 g/mol. The van der Waals surface area contributed by atoms with Crippen molar-refractivity contribution in [2.24, 2.45) is 5.41 Å². The number of carbonyl (C=O) groups is 3. The van der Waals surface area contributed by atoms with Gasteiger partial charge < -0.3 is 29.9 Å². The van der Waals surface area contributed by atoms with Crippen LogP contribution in [0.3, 0.4) is 0 Å². The van der Waals surface area contributed by atoms with Crippen molar-refractivity contribution in [3.8, 4) is 5.75 Å². The molecule has 3 atom stereocenters. The van der Waals surface area contributed by atoms with Gasteiger partial charge in [-0.2, -0.15) is 0 Å². The number of ether oxygens (including phenoxy) is 1. The average Bonchev–Trinajstić information content (AvgIpc) is 3.22. The van der Waals surface area contributed by atoms with Crippen molar-refractivity contribution >= 4 is 61.9 Å². The third-order valence-corrected chi connectivity index (χ3v) is 12.7. The second kappa shape index (κ2) is 18.9. The fourth-order valence-corrected chi connectivity index (χ4v) is 9.90. The molecular formula is C38H49N3O8S3. The highest BCUT2D eigenvalue weighted by Gasteiger charge is 2.42. The number of carboxylic acids is 1. The molecule has 4 rings (SSSR count). The SMILES string of the molecule is CCCCC1(CCCC)CN(c2ccccc2)c2cc(SC)c(OCC(=O)N[C@@H](C(=O)NC(C[S+](C)[O-])C(=O)O)c3ccccc3)cc2S(=O)(=O)C1. The smallest absolute Gasteiger partial charge is 0.331 e. The summed E-state index contributed by atoms with van der Waals surface area (Å²) >= 11 is -0.150. The van der Waals surface area contributed by atoms with Gasteiger partial charge in [-0.3, -0.25) is 9.59 Å². The van der Waals surface area contributed by atoms with E-state index < -0.39 is 62.9 Å². The van der Waals surface area contributed by atoms with Crippen molar-refractivity contribution in [2.75, 3.05) is 42.1 Å². The molecule has 3 N–H and O–H groups in total.